The van der Waals surface area contributed by atoms with Crippen LogP contribution in [-0.4, -0.2) is 16.2 Å². The van der Waals surface area contributed by atoms with Gasteiger partial charge in [0.15, 0.2) is 6.10 Å². The molecule has 3 rings (SSSR count). The third kappa shape index (κ3) is 3.95. The second-order valence-electron chi connectivity index (χ2n) is 5.13. The van der Waals surface area contributed by atoms with Crippen molar-refractivity contribution in [3.8, 4) is 11.5 Å². The number of hydrogen-bond donors (Lipinski definition) is 0. The smallest absolute Gasteiger partial charge is 0.331 e. The number of carbonyl (C=O) groups excluding carboxylic acids is 1. The van der Waals surface area contributed by atoms with E-state index < -0.39 is 12.1 Å². The SMILES string of the molecule is C[C@@H](OC(=O)/C=C/c1ccccc1)c1nnc(-c2ccccc2)o1. The molecular weight excluding hydrogens is 304 g/mol. The number of nitrogens with zero attached hydrogens (tertiary/aromatic N) is 2. The van der Waals surface area contributed by atoms with Crippen LogP contribution in [0.1, 0.15) is 24.5 Å². The van der Waals surface area contributed by atoms with Gasteiger partial charge in [-0.2, -0.15) is 0 Å². The van der Waals surface area contributed by atoms with Crippen molar-refractivity contribution in [3.05, 3.63) is 78.2 Å². The van der Waals surface area contributed by atoms with Gasteiger partial charge in [-0.05, 0) is 30.7 Å². The van der Waals surface area contributed by atoms with Crippen molar-refractivity contribution in [3.63, 3.8) is 0 Å². The summed E-state index contributed by atoms with van der Waals surface area (Å²) < 4.78 is 10.9. The minimum atomic E-state index is -0.622. The largest absolute Gasteiger partial charge is 0.449 e. The van der Waals surface area contributed by atoms with Gasteiger partial charge in [-0.3, -0.25) is 0 Å². The van der Waals surface area contributed by atoms with E-state index in [-0.39, 0.29) is 5.89 Å². The molecule has 24 heavy (non-hydrogen) atoms. The Morgan fingerprint density at radius 2 is 1.71 bits per heavy atom. The van der Waals surface area contributed by atoms with Crippen LogP contribution in [0.3, 0.4) is 0 Å². The van der Waals surface area contributed by atoms with E-state index in [1.165, 1.54) is 6.08 Å². The highest BCUT2D eigenvalue weighted by atomic mass is 16.6. The molecule has 0 saturated heterocycles. The summed E-state index contributed by atoms with van der Waals surface area (Å²) in [6, 6.07) is 18.9. The van der Waals surface area contributed by atoms with Gasteiger partial charge in [-0.1, -0.05) is 48.5 Å². The van der Waals surface area contributed by atoms with Gasteiger partial charge in [0, 0.05) is 11.6 Å². The van der Waals surface area contributed by atoms with Gasteiger partial charge in [0.05, 0.1) is 0 Å². The monoisotopic (exact) mass is 320 g/mol. The molecule has 5 nitrogen and oxygen atoms in total. The molecule has 120 valence electrons. The average molecular weight is 320 g/mol. The molecule has 0 aliphatic heterocycles. The van der Waals surface area contributed by atoms with Gasteiger partial charge in [0.2, 0.25) is 5.89 Å². The van der Waals surface area contributed by atoms with Crippen molar-refractivity contribution < 1.29 is 13.9 Å². The standard InChI is InChI=1S/C19H16N2O3/c1-14(23-17(22)13-12-15-8-4-2-5-9-15)18-20-21-19(24-18)16-10-6-3-7-11-16/h2-14H,1H3/b13-12+/t14-/m1/s1. The van der Waals surface area contributed by atoms with Crippen molar-refractivity contribution >= 4 is 12.0 Å². The van der Waals surface area contributed by atoms with E-state index in [9.17, 15) is 4.79 Å². The van der Waals surface area contributed by atoms with Crippen molar-refractivity contribution in [2.75, 3.05) is 0 Å². The number of esters is 1. The molecule has 5 heteroatoms. The van der Waals surface area contributed by atoms with Crippen molar-refractivity contribution in [1.82, 2.24) is 10.2 Å². The molecule has 0 aliphatic carbocycles. The normalized spacial score (nSPS) is 12.2. The molecule has 0 saturated carbocycles. The first kappa shape index (κ1) is 15.7. The summed E-state index contributed by atoms with van der Waals surface area (Å²) in [5.74, 6) is 0.189. The maximum absolute atomic E-state index is 11.9. The highest BCUT2D eigenvalue weighted by Crippen LogP contribution is 2.22. The summed E-state index contributed by atoms with van der Waals surface area (Å²) in [4.78, 5) is 11.9. The van der Waals surface area contributed by atoms with Crippen LogP contribution in [0.2, 0.25) is 0 Å². The second kappa shape index (κ2) is 7.37. The first-order chi connectivity index (χ1) is 11.7. The summed E-state index contributed by atoms with van der Waals surface area (Å²) in [6.45, 7) is 1.69. The van der Waals surface area contributed by atoms with Gasteiger partial charge < -0.3 is 9.15 Å². The molecule has 1 atom stereocenters. The molecular formula is C19H16N2O3. The third-order valence-corrected chi connectivity index (χ3v) is 3.31. The summed E-state index contributed by atoms with van der Waals surface area (Å²) >= 11 is 0. The highest BCUT2D eigenvalue weighted by Gasteiger charge is 2.17. The van der Waals surface area contributed by atoms with Crippen LogP contribution in [-0.2, 0) is 9.53 Å². The molecule has 0 spiro atoms. The third-order valence-electron chi connectivity index (χ3n) is 3.31. The van der Waals surface area contributed by atoms with E-state index in [4.69, 9.17) is 9.15 Å². The molecule has 1 heterocycles. The molecule has 0 amide bonds. The fourth-order valence-electron chi connectivity index (χ4n) is 2.09. The lowest BCUT2D eigenvalue weighted by Gasteiger charge is -2.06. The van der Waals surface area contributed by atoms with Crippen molar-refractivity contribution in [1.29, 1.82) is 0 Å². The summed E-state index contributed by atoms with van der Waals surface area (Å²) in [5, 5.41) is 7.93. The second-order valence-corrected chi connectivity index (χ2v) is 5.13. The molecule has 0 fully saturated rings. The molecule has 2 aromatic carbocycles. The average Bonchev–Trinajstić information content (AvgIpc) is 3.12. The number of ether oxygens (including phenoxy) is 1. The Morgan fingerprint density at radius 1 is 1.04 bits per heavy atom. The van der Waals surface area contributed by atoms with E-state index in [1.807, 2.05) is 60.7 Å². The maximum atomic E-state index is 11.9. The van der Waals surface area contributed by atoms with Crippen LogP contribution in [0.15, 0.2) is 71.2 Å². The predicted molar refractivity (Wildman–Crippen MR) is 89.7 cm³/mol. The maximum Gasteiger partial charge on any atom is 0.331 e. The van der Waals surface area contributed by atoms with E-state index in [0.717, 1.165) is 11.1 Å². The Hall–Kier alpha value is -3.21. The fraction of sp³-hybridized carbons (Fsp3) is 0.105. The zero-order valence-corrected chi connectivity index (χ0v) is 13.1. The lowest BCUT2D eigenvalue weighted by Crippen LogP contribution is -2.06. The number of rotatable bonds is 5. The molecule has 0 N–H and O–H groups in total. The number of carbonyl (C=O) groups is 1. The zero-order chi connectivity index (χ0) is 16.8. The van der Waals surface area contributed by atoms with E-state index in [0.29, 0.717) is 5.89 Å². The number of aromatic nitrogens is 2. The molecule has 0 radical (unpaired) electrons. The Labute approximate surface area is 139 Å². The van der Waals surface area contributed by atoms with Crippen LogP contribution >= 0.6 is 0 Å². The summed E-state index contributed by atoms with van der Waals surface area (Å²) in [7, 11) is 0. The van der Waals surface area contributed by atoms with Crippen LogP contribution in [0.25, 0.3) is 17.5 Å². The first-order valence-corrected chi connectivity index (χ1v) is 7.55. The van der Waals surface area contributed by atoms with Gasteiger partial charge in [-0.15, -0.1) is 10.2 Å². The van der Waals surface area contributed by atoms with Crippen LogP contribution in [0.5, 0.6) is 0 Å². The quantitative estimate of drug-likeness (QED) is 0.524. The van der Waals surface area contributed by atoms with Crippen LogP contribution in [0.4, 0.5) is 0 Å². The number of benzene rings is 2. The minimum Gasteiger partial charge on any atom is -0.449 e. The minimum absolute atomic E-state index is 0.260. The topological polar surface area (TPSA) is 65.2 Å². The summed E-state index contributed by atoms with van der Waals surface area (Å²) in [5.41, 5.74) is 1.74. The van der Waals surface area contributed by atoms with Crippen LogP contribution < -0.4 is 0 Å². The van der Waals surface area contributed by atoms with Gasteiger partial charge in [-0.25, -0.2) is 4.79 Å². The van der Waals surface area contributed by atoms with E-state index in [2.05, 4.69) is 10.2 Å². The Balaban J connectivity index is 1.63. The predicted octanol–water partition coefficient (Wildman–Crippen LogP) is 4.05. The first-order valence-electron chi connectivity index (χ1n) is 7.55. The van der Waals surface area contributed by atoms with Gasteiger partial charge in [0.25, 0.3) is 5.89 Å². The van der Waals surface area contributed by atoms with Gasteiger partial charge in [0.1, 0.15) is 0 Å². The number of hydrogen-bond acceptors (Lipinski definition) is 5. The molecule has 0 unspecified atom stereocenters. The van der Waals surface area contributed by atoms with Crippen molar-refractivity contribution in [2.45, 2.75) is 13.0 Å². The Bertz CT molecular complexity index is 826. The van der Waals surface area contributed by atoms with Crippen LogP contribution in [0, 0.1) is 0 Å². The van der Waals surface area contributed by atoms with Gasteiger partial charge >= 0.3 is 5.97 Å². The molecule has 1 aromatic heterocycles. The lowest BCUT2D eigenvalue weighted by molar-refractivity contribution is -0.143. The zero-order valence-electron chi connectivity index (χ0n) is 13.1. The summed E-state index contributed by atoms with van der Waals surface area (Å²) in [6.07, 6.45) is 2.45. The van der Waals surface area contributed by atoms with E-state index in [1.54, 1.807) is 13.0 Å². The Kier molecular flexibility index (Phi) is 4.81. The van der Waals surface area contributed by atoms with E-state index >= 15 is 0 Å². The fourth-order valence-corrected chi connectivity index (χ4v) is 2.09. The van der Waals surface area contributed by atoms with Crippen molar-refractivity contribution in [2.24, 2.45) is 0 Å². The molecule has 3 aromatic rings. The lowest BCUT2D eigenvalue weighted by atomic mass is 10.2. The molecule has 0 aliphatic rings. The molecule has 0 bridgehead atoms. The Morgan fingerprint density at radius 3 is 2.42 bits per heavy atom. The highest BCUT2D eigenvalue weighted by molar-refractivity contribution is 5.87.